The molecule has 104 valence electrons. The summed E-state index contributed by atoms with van der Waals surface area (Å²) in [4.78, 5) is 20.5. The van der Waals surface area contributed by atoms with E-state index < -0.39 is 0 Å². The van der Waals surface area contributed by atoms with Crippen LogP contribution in [0, 0.1) is 6.92 Å². The average molecular weight is 270 g/mol. The molecule has 0 aliphatic rings. The Morgan fingerprint density at radius 1 is 1.20 bits per heavy atom. The van der Waals surface area contributed by atoms with E-state index in [9.17, 15) is 4.79 Å². The van der Waals surface area contributed by atoms with Gasteiger partial charge >= 0.3 is 0 Å². The number of amides is 1. The largest absolute Gasteiger partial charge is 0.352 e. The number of hydrogen-bond acceptors (Lipinski definition) is 4. The molecule has 1 heterocycles. The van der Waals surface area contributed by atoms with Crippen molar-refractivity contribution >= 4 is 17.5 Å². The minimum absolute atomic E-state index is 0.213. The predicted octanol–water partition coefficient (Wildman–Crippen LogP) is 2.86. The highest BCUT2D eigenvalue weighted by molar-refractivity contribution is 6.03. The molecule has 0 spiro atoms. The SMILES string of the molecule is Cc1ccccc1NC(=O)c1ccnc(NC(C)C)n1. The Morgan fingerprint density at radius 2 is 1.95 bits per heavy atom. The Morgan fingerprint density at radius 3 is 2.65 bits per heavy atom. The predicted molar refractivity (Wildman–Crippen MR) is 79.9 cm³/mol. The molecule has 0 fully saturated rings. The lowest BCUT2D eigenvalue weighted by atomic mass is 10.2. The van der Waals surface area contributed by atoms with Crippen molar-refractivity contribution in [2.24, 2.45) is 0 Å². The molecule has 2 N–H and O–H groups in total. The zero-order chi connectivity index (χ0) is 14.5. The summed E-state index contributed by atoms with van der Waals surface area (Å²) >= 11 is 0. The molecule has 0 aliphatic carbocycles. The first-order chi connectivity index (χ1) is 9.56. The number of anilines is 2. The van der Waals surface area contributed by atoms with Gasteiger partial charge < -0.3 is 10.6 Å². The molecule has 1 aromatic heterocycles. The maximum atomic E-state index is 12.2. The molecule has 2 aromatic rings. The van der Waals surface area contributed by atoms with Crippen molar-refractivity contribution < 1.29 is 4.79 Å². The number of para-hydroxylation sites is 1. The van der Waals surface area contributed by atoms with Crippen molar-refractivity contribution in [1.82, 2.24) is 9.97 Å². The number of hydrogen-bond donors (Lipinski definition) is 2. The van der Waals surface area contributed by atoms with Crippen LogP contribution < -0.4 is 10.6 Å². The molecule has 20 heavy (non-hydrogen) atoms. The normalized spacial score (nSPS) is 10.4. The van der Waals surface area contributed by atoms with Crippen molar-refractivity contribution in [2.75, 3.05) is 10.6 Å². The zero-order valence-corrected chi connectivity index (χ0v) is 11.8. The fourth-order valence-electron chi connectivity index (χ4n) is 1.71. The smallest absolute Gasteiger partial charge is 0.274 e. The van der Waals surface area contributed by atoms with Crippen LogP contribution in [0.5, 0.6) is 0 Å². The Bertz CT molecular complexity index is 610. The number of benzene rings is 1. The molecule has 2 rings (SSSR count). The van der Waals surface area contributed by atoms with E-state index in [2.05, 4.69) is 20.6 Å². The third-order valence-electron chi connectivity index (χ3n) is 2.70. The van der Waals surface area contributed by atoms with Gasteiger partial charge in [-0.1, -0.05) is 18.2 Å². The van der Waals surface area contributed by atoms with Crippen LogP contribution in [-0.2, 0) is 0 Å². The lowest BCUT2D eigenvalue weighted by Crippen LogP contribution is -2.17. The van der Waals surface area contributed by atoms with E-state index in [1.807, 2.05) is 45.0 Å². The Kier molecular flexibility index (Phi) is 4.30. The fourth-order valence-corrected chi connectivity index (χ4v) is 1.71. The highest BCUT2D eigenvalue weighted by Gasteiger charge is 2.10. The first kappa shape index (κ1) is 14.0. The van der Waals surface area contributed by atoms with Crippen LogP contribution in [0.3, 0.4) is 0 Å². The molecule has 0 atom stereocenters. The highest BCUT2D eigenvalue weighted by Crippen LogP contribution is 2.14. The molecule has 0 aliphatic heterocycles. The van der Waals surface area contributed by atoms with Crippen LogP contribution in [-0.4, -0.2) is 21.9 Å². The number of nitrogens with one attached hydrogen (secondary N) is 2. The van der Waals surface area contributed by atoms with Crippen LogP contribution >= 0.6 is 0 Å². The van der Waals surface area contributed by atoms with Gasteiger partial charge in [-0.2, -0.15) is 0 Å². The number of rotatable bonds is 4. The highest BCUT2D eigenvalue weighted by atomic mass is 16.1. The van der Waals surface area contributed by atoms with E-state index in [4.69, 9.17) is 0 Å². The third kappa shape index (κ3) is 3.54. The van der Waals surface area contributed by atoms with Crippen molar-refractivity contribution in [3.63, 3.8) is 0 Å². The first-order valence-electron chi connectivity index (χ1n) is 6.53. The summed E-state index contributed by atoms with van der Waals surface area (Å²) in [5, 5.41) is 5.92. The van der Waals surface area contributed by atoms with Crippen LogP contribution in [0.1, 0.15) is 29.9 Å². The van der Waals surface area contributed by atoms with E-state index in [0.29, 0.717) is 11.6 Å². The second-order valence-electron chi connectivity index (χ2n) is 4.83. The standard InChI is InChI=1S/C15H18N4O/c1-10(2)17-15-16-9-8-13(19-15)14(20)18-12-7-5-4-6-11(12)3/h4-10H,1-3H3,(H,18,20)(H,16,17,19). The van der Waals surface area contributed by atoms with Gasteiger partial charge in [0, 0.05) is 17.9 Å². The summed E-state index contributed by atoms with van der Waals surface area (Å²) in [5.74, 6) is 0.214. The summed E-state index contributed by atoms with van der Waals surface area (Å²) < 4.78 is 0. The molecular formula is C15H18N4O. The summed E-state index contributed by atoms with van der Waals surface area (Å²) in [6.45, 7) is 5.92. The number of nitrogens with zero attached hydrogens (tertiary/aromatic N) is 2. The minimum Gasteiger partial charge on any atom is -0.352 e. The number of carbonyl (C=O) groups is 1. The number of aromatic nitrogens is 2. The van der Waals surface area contributed by atoms with Crippen molar-refractivity contribution in [2.45, 2.75) is 26.8 Å². The van der Waals surface area contributed by atoms with Gasteiger partial charge in [0.1, 0.15) is 5.69 Å². The summed E-state index contributed by atoms with van der Waals surface area (Å²) in [7, 11) is 0. The van der Waals surface area contributed by atoms with Crippen LogP contribution in [0.15, 0.2) is 36.5 Å². The maximum Gasteiger partial charge on any atom is 0.274 e. The molecule has 0 bridgehead atoms. The second kappa shape index (κ2) is 6.14. The monoisotopic (exact) mass is 270 g/mol. The van der Waals surface area contributed by atoms with E-state index in [0.717, 1.165) is 11.3 Å². The summed E-state index contributed by atoms with van der Waals surface area (Å²) in [6, 6.07) is 9.43. The van der Waals surface area contributed by atoms with Gasteiger partial charge in [0.15, 0.2) is 0 Å². The van der Waals surface area contributed by atoms with Gasteiger partial charge in [0.2, 0.25) is 5.95 Å². The summed E-state index contributed by atoms with van der Waals surface area (Å²) in [6.07, 6.45) is 1.57. The zero-order valence-electron chi connectivity index (χ0n) is 11.8. The van der Waals surface area contributed by atoms with Crippen molar-refractivity contribution in [3.05, 3.63) is 47.8 Å². The average Bonchev–Trinajstić information content (AvgIpc) is 2.41. The molecule has 1 aromatic carbocycles. The topological polar surface area (TPSA) is 66.9 Å². The van der Waals surface area contributed by atoms with Crippen LogP contribution in [0.25, 0.3) is 0 Å². The number of carbonyl (C=O) groups excluding carboxylic acids is 1. The molecular weight excluding hydrogens is 252 g/mol. The molecule has 0 saturated carbocycles. The lowest BCUT2D eigenvalue weighted by Gasteiger charge is -2.10. The Labute approximate surface area is 118 Å². The molecule has 5 nitrogen and oxygen atoms in total. The van der Waals surface area contributed by atoms with Crippen molar-refractivity contribution in [3.8, 4) is 0 Å². The van der Waals surface area contributed by atoms with Gasteiger partial charge in [-0.3, -0.25) is 4.79 Å². The van der Waals surface area contributed by atoms with Crippen LogP contribution in [0.2, 0.25) is 0 Å². The van der Waals surface area contributed by atoms with E-state index >= 15 is 0 Å². The molecule has 0 unspecified atom stereocenters. The lowest BCUT2D eigenvalue weighted by molar-refractivity contribution is 0.102. The van der Waals surface area contributed by atoms with Gasteiger partial charge in [0.25, 0.3) is 5.91 Å². The maximum absolute atomic E-state index is 12.2. The second-order valence-corrected chi connectivity index (χ2v) is 4.83. The van der Waals surface area contributed by atoms with Gasteiger partial charge in [-0.05, 0) is 38.5 Å². The molecule has 0 radical (unpaired) electrons. The molecule has 5 heteroatoms. The van der Waals surface area contributed by atoms with Gasteiger partial charge in [-0.15, -0.1) is 0 Å². The molecule has 0 saturated heterocycles. The third-order valence-corrected chi connectivity index (χ3v) is 2.70. The van der Waals surface area contributed by atoms with Gasteiger partial charge in [0.05, 0.1) is 0 Å². The van der Waals surface area contributed by atoms with E-state index in [1.165, 1.54) is 0 Å². The minimum atomic E-state index is -0.242. The first-order valence-corrected chi connectivity index (χ1v) is 6.53. The molecule has 1 amide bonds. The van der Waals surface area contributed by atoms with E-state index in [-0.39, 0.29) is 11.9 Å². The van der Waals surface area contributed by atoms with Crippen LogP contribution in [0.4, 0.5) is 11.6 Å². The quantitative estimate of drug-likeness (QED) is 0.896. The van der Waals surface area contributed by atoms with Gasteiger partial charge in [-0.25, -0.2) is 9.97 Å². The Balaban J connectivity index is 2.15. The Hall–Kier alpha value is -2.43. The van der Waals surface area contributed by atoms with Crippen molar-refractivity contribution in [1.29, 1.82) is 0 Å². The fraction of sp³-hybridized carbons (Fsp3) is 0.267. The summed E-state index contributed by atoms with van der Waals surface area (Å²) in [5.41, 5.74) is 2.14. The van der Waals surface area contributed by atoms with E-state index in [1.54, 1.807) is 12.3 Å². The number of aryl methyl sites for hydroxylation is 1.